The van der Waals surface area contributed by atoms with Crippen molar-refractivity contribution in [2.75, 3.05) is 39.4 Å². The Morgan fingerprint density at radius 3 is 2.44 bits per heavy atom. The predicted octanol–water partition coefficient (Wildman–Crippen LogP) is 4.21. The highest BCUT2D eigenvalue weighted by molar-refractivity contribution is 7.90. The number of H-pyrrole nitrogens is 2. The predicted molar refractivity (Wildman–Crippen MR) is 184 cm³/mol. The number of benzene rings is 3. The maximum atomic E-state index is 15.0. The zero-order valence-electron chi connectivity index (χ0n) is 27.3. The Hall–Kier alpha value is -5.09. The summed E-state index contributed by atoms with van der Waals surface area (Å²) in [5.41, 5.74) is 1.59. The van der Waals surface area contributed by atoms with Gasteiger partial charge in [-0.2, -0.15) is 0 Å². The lowest BCUT2D eigenvalue weighted by Gasteiger charge is -2.26. The smallest absolute Gasteiger partial charge is 0.323 e. The van der Waals surface area contributed by atoms with E-state index in [1.807, 2.05) is 6.92 Å². The van der Waals surface area contributed by atoms with Crippen molar-refractivity contribution in [1.82, 2.24) is 28.7 Å². The van der Waals surface area contributed by atoms with Gasteiger partial charge in [0, 0.05) is 74.7 Å². The molecule has 0 radical (unpaired) electrons. The number of halogens is 2. The molecule has 4 heterocycles. The molecule has 3 aromatic heterocycles. The summed E-state index contributed by atoms with van der Waals surface area (Å²) >= 11 is 0. The number of aromatic amines is 2. The van der Waals surface area contributed by atoms with Crippen LogP contribution in [0.4, 0.5) is 8.78 Å². The summed E-state index contributed by atoms with van der Waals surface area (Å²) in [6.07, 6.45) is 2.85. The summed E-state index contributed by atoms with van der Waals surface area (Å²) in [5, 5.41) is 3.69. The molecule has 6 aromatic rings. The minimum Gasteiger partial charge on any atom is -0.451 e. The van der Waals surface area contributed by atoms with Gasteiger partial charge in [-0.15, -0.1) is 0 Å². The van der Waals surface area contributed by atoms with Crippen molar-refractivity contribution in [3.8, 4) is 22.6 Å². The Morgan fingerprint density at radius 2 is 1.70 bits per heavy atom. The number of aryl methyl sites for hydroxylation is 2. The van der Waals surface area contributed by atoms with E-state index in [9.17, 15) is 22.4 Å². The molecule has 12 nitrogen and oxygen atoms in total. The van der Waals surface area contributed by atoms with E-state index in [0.29, 0.717) is 54.6 Å². The number of imidazole rings is 1. The molecule has 3 aromatic carbocycles. The molecule has 1 saturated heterocycles. The Balaban J connectivity index is 1.40. The summed E-state index contributed by atoms with van der Waals surface area (Å²) in [7, 11) is -2.70. The Bertz CT molecular complexity index is 2460. The fourth-order valence-electron chi connectivity index (χ4n) is 6.21. The molecule has 0 amide bonds. The molecule has 1 aliphatic heterocycles. The summed E-state index contributed by atoms with van der Waals surface area (Å²) < 4.78 is 70.3. The van der Waals surface area contributed by atoms with Gasteiger partial charge in [0.15, 0.2) is 17.3 Å². The number of pyridine rings is 1. The van der Waals surface area contributed by atoms with Crippen molar-refractivity contribution in [2.24, 2.45) is 7.05 Å². The molecule has 0 spiro atoms. The van der Waals surface area contributed by atoms with Gasteiger partial charge >= 0.3 is 5.69 Å². The van der Waals surface area contributed by atoms with E-state index < -0.39 is 32.9 Å². The van der Waals surface area contributed by atoms with Gasteiger partial charge in [-0.1, -0.05) is 17.7 Å². The average Bonchev–Trinajstić information content (AvgIpc) is 3.72. The summed E-state index contributed by atoms with van der Waals surface area (Å²) in [5.74, 6) is -2.08. The van der Waals surface area contributed by atoms with Gasteiger partial charge in [0.25, 0.3) is 15.6 Å². The number of hydrogen-bond acceptors (Lipinski definition) is 8. The quantitative estimate of drug-likeness (QED) is 0.180. The molecule has 1 fully saturated rings. The molecule has 15 heteroatoms. The zero-order valence-corrected chi connectivity index (χ0v) is 28.1. The maximum absolute atomic E-state index is 15.0. The number of morpholine rings is 1. The van der Waals surface area contributed by atoms with E-state index in [-0.39, 0.29) is 32.8 Å². The van der Waals surface area contributed by atoms with Crippen LogP contribution in [0.3, 0.4) is 0 Å². The van der Waals surface area contributed by atoms with E-state index in [4.69, 9.17) is 9.47 Å². The topological polar surface area (TPSA) is 143 Å². The second-order valence-corrected chi connectivity index (χ2v) is 14.0. The third-order valence-corrected chi connectivity index (χ3v) is 10.5. The lowest BCUT2D eigenvalue weighted by atomic mass is 9.98. The van der Waals surface area contributed by atoms with Gasteiger partial charge < -0.3 is 29.3 Å². The van der Waals surface area contributed by atoms with Crippen LogP contribution in [0.5, 0.6) is 11.5 Å². The van der Waals surface area contributed by atoms with Gasteiger partial charge in [0.2, 0.25) is 0 Å². The molecule has 0 unspecified atom stereocenters. The molecule has 260 valence electrons. The molecule has 0 saturated carbocycles. The third-order valence-electron chi connectivity index (χ3n) is 8.82. The van der Waals surface area contributed by atoms with Crippen molar-refractivity contribution in [2.45, 2.75) is 18.4 Å². The van der Waals surface area contributed by atoms with Crippen molar-refractivity contribution in [3.63, 3.8) is 0 Å². The fraction of sp³-hybridized carbons (Fsp3) is 0.257. The monoisotopic (exact) mass is 704 g/mol. The SMILES string of the molecule is Cc1ccc(S(=O)(=O)n2ccc3c(-c4cc(CNCCN5CCOCC5)c5[nH]c(=O)[nH]c5c4Oc4ccc(F)cc4F)cn(C)c(=O)c32)cc1. The fourth-order valence-corrected chi connectivity index (χ4v) is 7.55. The van der Waals surface area contributed by atoms with Gasteiger partial charge in [-0.25, -0.2) is 26.0 Å². The normalized spacial score (nSPS) is 14.2. The lowest BCUT2D eigenvalue weighted by Crippen LogP contribution is -2.40. The van der Waals surface area contributed by atoms with Crippen molar-refractivity contribution >= 4 is 32.0 Å². The van der Waals surface area contributed by atoms with Crippen LogP contribution in [-0.2, 0) is 28.4 Å². The largest absolute Gasteiger partial charge is 0.451 e. The van der Waals surface area contributed by atoms with Gasteiger partial charge in [0.05, 0.1) is 23.6 Å². The lowest BCUT2D eigenvalue weighted by molar-refractivity contribution is 0.0384. The first-order valence-electron chi connectivity index (χ1n) is 16.0. The van der Waals surface area contributed by atoms with Gasteiger partial charge in [-0.3, -0.25) is 9.69 Å². The second-order valence-electron chi connectivity index (χ2n) is 12.2. The Labute approximate surface area is 284 Å². The standard InChI is InChI=1S/C35H34F2N6O6S/c1-21-3-6-24(7-4-21)50(46,47)43-11-9-25-27(20-41(2)34(44)32(25)43)26-17-22(19-38-10-12-42-13-15-48-16-14-42)30-31(40-35(45)39-30)33(26)49-29-8-5-23(36)18-28(29)37/h3-9,11,17-18,20,38H,10,12-16,19H2,1-2H3,(H2,39,40,45). The van der Waals surface area contributed by atoms with Crippen molar-refractivity contribution in [1.29, 1.82) is 0 Å². The average molecular weight is 705 g/mol. The minimum atomic E-state index is -4.20. The first kappa shape index (κ1) is 33.4. The number of aromatic nitrogens is 4. The molecule has 1 aliphatic rings. The van der Waals surface area contributed by atoms with E-state index in [0.717, 1.165) is 41.3 Å². The second kappa shape index (κ2) is 13.3. The third kappa shape index (κ3) is 6.24. The molecular weight excluding hydrogens is 670 g/mol. The van der Waals surface area contributed by atoms with Crippen LogP contribution < -0.4 is 21.3 Å². The number of nitrogens with zero attached hydrogens (tertiary/aromatic N) is 3. The van der Waals surface area contributed by atoms with Crippen LogP contribution in [0.25, 0.3) is 33.1 Å². The van der Waals surface area contributed by atoms with Gasteiger partial charge in [0.1, 0.15) is 16.9 Å². The number of ether oxygens (including phenoxy) is 2. The molecule has 7 rings (SSSR count). The Kier molecular flexibility index (Phi) is 8.90. The summed E-state index contributed by atoms with van der Waals surface area (Å²) in [6.45, 7) is 6.56. The zero-order chi connectivity index (χ0) is 35.2. The number of fused-ring (bicyclic) bond motifs is 2. The Morgan fingerprint density at radius 1 is 0.960 bits per heavy atom. The molecule has 50 heavy (non-hydrogen) atoms. The van der Waals surface area contributed by atoms with E-state index in [1.54, 1.807) is 18.2 Å². The van der Waals surface area contributed by atoms with Gasteiger partial charge in [-0.05, 0) is 48.9 Å². The van der Waals surface area contributed by atoms with Crippen LogP contribution in [0, 0.1) is 18.6 Å². The van der Waals surface area contributed by atoms with Crippen LogP contribution in [0.1, 0.15) is 11.1 Å². The van der Waals surface area contributed by atoms with Crippen LogP contribution >= 0.6 is 0 Å². The first-order valence-corrected chi connectivity index (χ1v) is 17.4. The molecular formula is C35H34F2N6O6S. The highest BCUT2D eigenvalue weighted by atomic mass is 32.2. The van der Waals surface area contributed by atoms with Crippen LogP contribution in [0.2, 0.25) is 0 Å². The highest BCUT2D eigenvalue weighted by Gasteiger charge is 2.26. The van der Waals surface area contributed by atoms with E-state index >= 15 is 4.39 Å². The van der Waals surface area contributed by atoms with Crippen molar-refractivity contribution in [3.05, 3.63) is 111 Å². The molecule has 3 N–H and O–H groups in total. The number of rotatable bonds is 10. The number of hydrogen-bond donors (Lipinski definition) is 3. The maximum Gasteiger partial charge on any atom is 0.323 e. The van der Waals surface area contributed by atoms with E-state index in [2.05, 4.69) is 20.2 Å². The molecule has 0 atom stereocenters. The number of nitrogens with one attached hydrogen (secondary N) is 3. The first-order chi connectivity index (χ1) is 24.0. The molecule has 0 aliphatic carbocycles. The van der Waals surface area contributed by atoms with Crippen molar-refractivity contribution < 1.29 is 26.7 Å². The summed E-state index contributed by atoms with van der Waals surface area (Å²) in [4.78, 5) is 34.3. The summed E-state index contributed by atoms with van der Waals surface area (Å²) in [6, 6.07) is 12.4. The minimum absolute atomic E-state index is 0.000575. The van der Waals surface area contributed by atoms with E-state index in [1.165, 1.54) is 42.2 Å². The highest BCUT2D eigenvalue weighted by Crippen LogP contribution is 2.42. The van der Waals surface area contributed by atoms with Crippen LogP contribution in [0.15, 0.2) is 81.5 Å². The van der Waals surface area contributed by atoms with Crippen LogP contribution in [-0.4, -0.2) is 71.2 Å². The molecule has 0 bridgehead atoms.